The van der Waals surface area contributed by atoms with Crippen molar-refractivity contribution < 1.29 is 0 Å². The fraction of sp³-hybridized carbons (Fsp3) is 0.111. The summed E-state index contributed by atoms with van der Waals surface area (Å²) in [4.78, 5) is 0. The van der Waals surface area contributed by atoms with Gasteiger partial charge in [0, 0.05) is 0 Å². The Morgan fingerprint density at radius 2 is 1.90 bits per heavy atom. The van der Waals surface area contributed by atoms with Crippen LogP contribution in [0.5, 0.6) is 0 Å². The summed E-state index contributed by atoms with van der Waals surface area (Å²) in [5.74, 6) is 0. The van der Waals surface area contributed by atoms with Gasteiger partial charge in [-0.1, -0.05) is 59.0 Å². The van der Waals surface area contributed by atoms with Crippen molar-refractivity contribution in [2.75, 3.05) is 0 Å². The van der Waals surface area contributed by atoms with E-state index in [-0.39, 0.29) is 0 Å². The fourth-order valence-electron chi connectivity index (χ4n) is 0.795. The molecular formula is C9H9I. The molecule has 0 aliphatic rings. The van der Waals surface area contributed by atoms with Crippen molar-refractivity contribution in [3.63, 3.8) is 0 Å². The standard InChI is InChI=1S/C9H9I/c10-8-4-7-9-5-2-1-3-6-9/h1-6,8H,7H2. The topological polar surface area (TPSA) is 0 Å². The molecule has 0 bridgehead atoms. The molecule has 0 aliphatic heterocycles. The van der Waals surface area contributed by atoms with Gasteiger partial charge in [0.2, 0.25) is 0 Å². The van der Waals surface area contributed by atoms with Gasteiger partial charge in [0.05, 0.1) is 0 Å². The summed E-state index contributed by atoms with van der Waals surface area (Å²) in [6.07, 6.45) is 3.19. The average Bonchev–Trinajstić information content (AvgIpc) is 2.03. The Bertz CT molecular complexity index is 201. The highest BCUT2D eigenvalue weighted by molar-refractivity contribution is 14.1. The zero-order valence-corrected chi connectivity index (χ0v) is 7.78. The monoisotopic (exact) mass is 244 g/mol. The van der Waals surface area contributed by atoms with Crippen LogP contribution >= 0.6 is 22.6 Å². The molecule has 0 saturated heterocycles. The van der Waals surface area contributed by atoms with Crippen LogP contribution < -0.4 is 0 Å². The normalized spacial score (nSPS) is 10.5. The second-order valence-corrected chi connectivity index (χ2v) is 2.77. The van der Waals surface area contributed by atoms with E-state index in [1.54, 1.807) is 0 Å². The van der Waals surface area contributed by atoms with Gasteiger partial charge in [-0.05, 0) is 16.1 Å². The number of benzene rings is 1. The van der Waals surface area contributed by atoms with Crippen molar-refractivity contribution in [1.82, 2.24) is 0 Å². The van der Waals surface area contributed by atoms with E-state index in [9.17, 15) is 0 Å². The summed E-state index contributed by atoms with van der Waals surface area (Å²) < 4.78 is 2.05. The number of rotatable bonds is 2. The predicted molar refractivity (Wildman–Crippen MR) is 53.3 cm³/mol. The summed E-state index contributed by atoms with van der Waals surface area (Å²) >= 11 is 2.23. The molecule has 10 heavy (non-hydrogen) atoms. The quantitative estimate of drug-likeness (QED) is 0.701. The van der Waals surface area contributed by atoms with Crippen LogP contribution in [0, 0.1) is 0 Å². The van der Waals surface area contributed by atoms with Crippen LogP contribution in [0.25, 0.3) is 0 Å². The molecule has 0 N–H and O–H groups in total. The fourth-order valence-corrected chi connectivity index (χ4v) is 1.05. The van der Waals surface area contributed by atoms with Crippen molar-refractivity contribution in [1.29, 1.82) is 0 Å². The highest BCUT2D eigenvalue weighted by atomic mass is 127. The predicted octanol–water partition coefficient (Wildman–Crippen LogP) is 3.18. The Morgan fingerprint density at radius 3 is 2.50 bits per heavy atom. The minimum absolute atomic E-state index is 1.05. The molecule has 0 fully saturated rings. The third-order valence-corrected chi connectivity index (χ3v) is 1.79. The molecule has 1 aromatic rings. The molecule has 0 radical (unpaired) electrons. The van der Waals surface area contributed by atoms with Crippen LogP contribution in [-0.2, 0) is 6.42 Å². The van der Waals surface area contributed by atoms with E-state index in [0.717, 1.165) is 6.42 Å². The van der Waals surface area contributed by atoms with Gasteiger partial charge in [0.15, 0.2) is 0 Å². The first-order valence-electron chi connectivity index (χ1n) is 3.22. The molecule has 0 unspecified atom stereocenters. The lowest BCUT2D eigenvalue weighted by Gasteiger charge is -1.91. The molecule has 0 heterocycles. The van der Waals surface area contributed by atoms with E-state index in [2.05, 4.69) is 52.9 Å². The third-order valence-electron chi connectivity index (χ3n) is 1.29. The molecule has 0 nitrogen and oxygen atoms in total. The maximum atomic E-state index is 2.23. The van der Waals surface area contributed by atoms with E-state index in [1.807, 2.05) is 10.1 Å². The van der Waals surface area contributed by atoms with Gasteiger partial charge in [0.1, 0.15) is 0 Å². The van der Waals surface area contributed by atoms with Crippen LogP contribution in [0.4, 0.5) is 0 Å². The molecule has 52 valence electrons. The van der Waals surface area contributed by atoms with Crippen LogP contribution in [-0.4, -0.2) is 0 Å². The smallest absolute Gasteiger partial charge is 0.00899 e. The SMILES string of the molecule is IC=CCc1ccccc1. The summed E-state index contributed by atoms with van der Waals surface area (Å²) in [6.45, 7) is 0. The van der Waals surface area contributed by atoms with Crippen molar-refractivity contribution in [2.24, 2.45) is 0 Å². The van der Waals surface area contributed by atoms with Gasteiger partial charge in [-0.2, -0.15) is 0 Å². The minimum atomic E-state index is 1.05. The molecule has 0 atom stereocenters. The summed E-state index contributed by atoms with van der Waals surface area (Å²) in [7, 11) is 0. The summed E-state index contributed by atoms with van der Waals surface area (Å²) in [5.41, 5.74) is 1.37. The van der Waals surface area contributed by atoms with Crippen molar-refractivity contribution >= 4 is 22.6 Å². The zero-order chi connectivity index (χ0) is 7.23. The third kappa shape index (κ3) is 2.52. The lowest BCUT2D eigenvalue weighted by molar-refractivity contribution is 1.28. The van der Waals surface area contributed by atoms with Crippen molar-refractivity contribution in [2.45, 2.75) is 6.42 Å². The Morgan fingerprint density at radius 1 is 1.20 bits per heavy atom. The molecule has 0 saturated carbocycles. The molecule has 0 amide bonds. The van der Waals surface area contributed by atoms with Gasteiger partial charge in [-0.15, -0.1) is 0 Å². The van der Waals surface area contributed by atoms with E-state index in [0.29, 0.717) is 0 Å². The minimum Gasteiger partial charge on any atom is -0.0741 e. The lowest BCUT2D eigenvalue weighted by Crippen LogP contribution is -1.76. The van der Waals surface area contributed by atoms with Crippen molar-refractivity contribution in [3.8, 4) is 0 Å². The maximum Gasteiger partial charge on any atom is -0.00899 e. The van der Waals surface area contributed by atoms with Gasteiger partial charge in [-0.3, -0.25) is 0 Å². The first-order chi connectivity index (χ1) is 4.93. The molecule has 1 aromatic carbocycles. The average molecular weight is 244 g/mol. The molecule has 0 spiro atoms. The zero-order valence-electron chi connectivity index (χ0n) is 5.63. The molecule has 0 aliphatic carbocycles. The molecule has 1 rings (SSSR count). The van der Waals surface area contributed by atoms with Crippen molar-refractivity contribution in [3.05, 3.63) is 46.1 Å². The van der Waals surface area contributed by atoms with Gasteiger partial charge < -0.3 is 0 Å². The maximum absolute atomic E-state index is 2.23. The summed E-state index contributed by atoms with van der Waals surface area (Å²) in [6, 6.07) is 10.4. The Hall–Kier alpha value is -0.310. The molecular weight excluding hydrogens is 235 g/mol. The number of hydrogen-bond donors (Lipinski definition) is 0. The second-order valence-electron chi connectivity index (χ2n) is 2.05. The van der Waals surface area contributed by atoms with Crippen LogP contribution in [0.2, 0.25) is 0 Å². The summed E-state index contributed by atoms with van der Waals surface area (Å²) in [5, 5.41) is 0. The Kier molecular flexibility index (Phi) is 3.50. The number of hydrogen-bond acceptors (Lipinski definition) is 0. The first kappa shape index (κ1) is 7.79. The second kappa shape index (κ2) is 4.50. The number of halogens is 1. The van der Waals surface area contributed by atoms with Crippen LogP contribution in [0.1, 0.15) is 5.56 Å². The van der Waals surface area contributed by atoms with Gasteiger partial charge >= 0.3 is 0 Å². The van der Waals surface area contributed by atoms with E-state index < -0.39 is 0 Å². The first-order valence-corrected chi connectivity index (χ1v) is 4.47. The highest BCUT2D eigenvalue weighted by Crippen LogP contribution is 2.00. The van der Waals surface area contributed by atoms with Crippen LogP contribution in [0.3, 0.4) is 0 Å². The van der Waals surface area contributed by atoms with E-state index in [1.165, 1.54) is 5.56 Å². The Balaban J connectivity index is 2.59. The molecule has 1 heteroatoms. The number of allylic oxidation sites excluding steroid dienone is 1. The van der Waals surface area contributed by atoms with Crippen LogP contribution in [0.15, 0.2) is 40.5 Å². The van der Waals surface area contributed by atoms with E-state index >= 15 is 0 Å². The van der Waals surface area contributed by atoms with Gasteiger partial charge in [-0.25, -0.2) is 0 Å². The lowest BCUT2D eigenvalue weighted by atomic mass is 10.2. The van der Waals surface area contributed by atoms with E-state index in [4.69, 9.17) is 0 Å². The highest BCUT2D eigenvalue weighted by Gasteiger charge is 1.83. The molecule has 0 aromatic heterocycles. The van der Waals surface area contributed by atoms with Gasteiger partial charge in [0.25, 0.3) is 0 Å². The Labute approximate surface area is 75.1 Å². The largest absolute Gasteiger partial charge is 0.0741 e.